The van der Waals surface area contributed by atoms with E-state index in [1.54, 1.807) is 12.3 Å². The Hall–Kier alpha value is -3.91. The lowest BCUT2D eigenvalue weighted by Crippen LogP contribution is -2.25. The second-order valence-corrected chi connectivity index (χ2v) is 6.30. The van der Waals surface area contributed by atoms with Gasteiger partial charge < -0.3 is 11.5 Å². The van der Waals surface area contributed by atoms with E-state index in [2.05, 4.69) is 4.98 Å². The third-order valence-electron chi connectivity index (χ3n) is 4.37. The minimum absolute atomic E-state index is 0.401. The number of aryl methyl sites for hydroxylation is 1. The van der Waals surface area contributed by atoms with Crippen molar-refractivity contribution >= 4 is 22.8 Å². The van der Waals surface area contributed by atoms with Crippen molar-refractivity contribution in [1.29, 1.82) is 0 Å². The van der Waals surface area contributed by atoms with Gasteiger partial charge in [0.15, 0.2) is 11.5 Å². The van der Waals surface area contributed by atoms with Crippen molar-refractivity contribution in [2.75, 3.05) is 10.7 Å². The molecule has 8 nitrogen and oxygen atoms in total. The molecule has 0 bridgehead atoms. The first-order valence-electron chi connectivity index (χ1n) is 8.68. The summed E-state index contributed by atoms with van der Waals surface area (Å²) in [6.07, 6.45) is 4.53. The van der Waals surface area contributed by atoms with E-state index in [1.165, 1.54) is 17.4 Å². The van der Waals surface area contributed by atoms with Crippen LogP contribution in [0.15, 0.2) is 67.1 Å². The fourth-order valence-electron chi connectivity index (χ4n) is 2.99. The van der Waals surface area contributed by atoms with Crippen LogP contribution in [0.2, 0.25) is 0 Å². The molecule has 3 heterocycles. The van der Waals surface area contributed by atoms with E-state index in [4.69, 9.17) is 27.3 Å². The number of nitrogens with two attached hydrogens (primary N) is 3. The van der Waals surface area contributed by atoms with E-state index in [-0.39, 0.29) is 0 Å². The molecule has 140 valence electrons. The first kappa shape index (κ1) is 17.5. The fourth-order valence-corrected chi connectivity index (χ4v) is 2.99. The molecule has 0 radical (unpaired) electrons. The maximum absolute atomic E-state index is 6.13. The number of fused-ring (bicyclic) bond motifs is 1. The molecule has 0 aliphatic rings. The molecule has 0 saturated carbocycles. The molecule has 0 aliphatic carbocycles. The minimum Gasteiger partial charge on any atom is -0.403 e. The van der Waals surface area contributed by atoms with Crippen molar-refractivity contribution in [2.24, 2.45) is 11.6 Å². The van der Waals surface area contributed by atoms with Crippen molar-refractivity contribution in [2.45, 2.75) is 6.92 Å². The zero-order chi connectivity index (χ0) is 19.7. The molecule has 0 aliphatic heterocycles. The molecule has 8 heteroatoms. The van der Waals surface area contributed by atoms with E-state index in [1.807, 2.05) is 54.0 Å². The van der Waals surface area contributed by atoms with Gasteiger partial charge in [0.1, 0.15) is 17.2 Å². The van der Waals surface area contributed by atoms with E-state index in [0.717, 1.165) is 16.8 Å². The summed E-state index contributed by atoms with van der Waals surface area (Å²) >= 11 is 0. The molecule has 0 atom stereocenters. The number of hydrogen-bond acceptors (Lipinski definition) is 7. The summed E-state index contributed by atoms with van der Waals surface area (Å²) in [6, 6.07) is 15.5. The Morgan fingerprint density at radius 2 is 1.82 bits per heavy atom. The predicted octanol–water partition coefficient (Wildman–Crippen LogP) is 2.48. The van der Waals surface area contributed by atoms with Crippen LogP contribution in [-0.4, -0.2) is 19.5 Å². The van der Waals surface area contributed by atoms with Gasteiger partial charge >= 0.3 is 0 Å². The molecule has 28 heavy (non-hydrogen) atoms. The Balaban J connectivity index is 2.02. The van der Waals surface area contributed by atoms with Crippen molar-refractivity contribution in [1.82, 2.24) is 19.5 Å². The summed E-state index contributed by atoms with van der Waals surface area (Å²) < 4.78 is 1.95. The average molecular weight is 372 g/mol. The van der Waals surface area contributed by atoms with Crippen LogP contribution in [0.3, 0.4) is 0 Å². The quantitative estimate of drug-likeness (QED) is 0.371. The number of hydrogen-bond donors (Lipinski definition) is 3. The van der Waals surface area contributed by atoms with Gasteiger partial charge in [-0.25, -0.2) is 20.8 Å². The van der Waals surface area contributed by atoms with Crippen LogP contribution >= 0.6 is 0 Å². The fraction of sp³-hybridized carbons (Fsp3) is 0.0500. The van der Waals surface area contributed by atoms with Crippen molar-refractivity contribution in [3.63, 3.8) is 0 Å². The zero-order valence-electron chi connectivity index (χ0n) is 15.3. The summed E-state index contributed by atoms with van der Waals surface area (Å²) in [5, 5.41) is 1.35. The molecule has 0 amide bonds. The summed E-state index contributed by atoms with van der Waals surface area (Å²) in [4.78, 5) is 13.7. The van der Waals surface area contributed by atoms with E-state index < -0.39 is 0 Å². The molecule has 1 aromatic carbocycles. The van der Waals surface area contributed by atoms with Crippen molar-refractivity contribution in [3.05, 3.63) is 72.7 Å². The average Bonchev–Trinajstić information content (AvgIpc) is 3.07. The molecule has 3 aromatic heterocycles. The summed E-state index contributed by atoms with van der Waals surface area (Å²) in [5.41, 5.74) is 15.7. The number of rotatable bonds is 4. The van der Waals surface area contributed by atoms with E-state index in [0.29, 0.717) is 28.6 Å². The van der Waals surface area contributed by atoms with Crippen molar-refractivity contribution in [3.8, 4) is 17.1 Å². The van der Waals surface area contributed by atoms with E-state index in [9.17, 15) is 0 Å². The molecule has 0 unspecified atom stereocenters. The molecular weight excluding hydrogens is 352 g/mol. The summed E-state index contributed by atoms with van der Waals surface area (Å²) in [7, 11) is 0. The topological polar surface area (TPSA) is 125 Å². The third-order valence-corrected chi connectivity index (χ3v) is 4.37. The van der Waals surface area contributed by atoms with Crippen LogP contribution in [0.25, 0.3) is 28.2 Å². The number of hydrazine groups is 1. The second kappa shape index (κ2) is 7.01. The van der Waals surface area contributed by atoms with Gasteiger partial charge in [-0.05, 0) is 43.3 Å². The Morgan fingerprint density at radius 1 is 1.04 bits per heavy atom. The highest BCUT2D eigenvalue weighted by molar-refractivity contribution is 5.83. The zero-order valence-corrected chi connectivity index (χ0v) is 15.3. The highest BCUT2D eigenvalue weighted by Crippen LogP contribution is 2.31. The monoisotopic (exact) mass is 372 g/mol. The summed E-state index contributed by atoms with van der Waals surface area (Å²) in [5.74, 6) is 7.59. The number of anilines is 2. The Labute approximate surface area is 161 Å². The lowest BCUT2D eigenvalue weighted by molar-refractivity contribution is 1.01. The third kappa shape index (κ3) is 3.01. The molecular formula is C20H20N8. The minimum atomic E-state index is 0.401. The van der Waals surface area contributed by atoms with Gasteiger partial charge in [-0.15, -0.1) is 0 Å². The van der Waals surface area contributed by atoms with Gasteiger partial charge in [0, 0.05) is 24.3 Å². The number of imidazole rings is 1. The Kier molecular flexibility index (Phi) is 4.38. The molecule has 4 rings (SSSR count). The van der Waals surface area contributed by atoms with Gasteiger partial charge in [0.05, 0.1) is 5.56 Å². The maximum Gasteiger partial charge on any atom is 0.167 e. The van der Waals surface area contributed by atoms with Crippen LogP contribution in [0.1, 0.15) is 5.56 Å². The number of nitrogens with zero attached hydrogens (tertiary/aromatic N) is 5. The number of benzene rings is 1. The van der Waals surface area contributed by atoms with Gasteiger partial charge in [-0.3, -0.25) is 9.58 Å². The van der Waals surface area contributed by atoms with Gasteiger partial charge in [-0.2, -0.15) is 0 Å². The van der Waals surface area contributed by atoms with E-state index >= 15 is 0 Å². The molecule has 4 aromatic rings. The van der Waals surface area contributed by atoms with Crippen LogP contribution in [-0.2, 0) is 0 Å². The molecule has 6 N–H and O–H groups in total. The Bertz CT molecular complexity index is 1160. The number of nitrogen functional groups attached to an aromatic ring is 1. The highest BCUT2D eigenvalue weighted by Gasteiger charge is 2.18. The van der Waals surface area contributed by atoms with Crippen LogP contribution in [0, 0.1) is 6.92 Å². The lowest BCUT2D eigenvalue weighted by atomic mass is 10.2. The van der Waals surface area contributed by atoms with Crippen LogP contribution in [0.5, 0.6) is 0 Å². The van der Waals surface area contributed by atoms with Gasteiger partial charge in [0.2, 0.25) is 0 Å². The number of pyridine rings is 2. The predicted molar refractivity (Wildman–Crippen MR) is 111 cm³/mol. The Morgan fingerprint density at radius 3 is 2.54 bits per heavy atom. The smallest absolute Gasteiger partial charge is 0.167 e. The summed E-state index contributed by atoms with van der Waals surface area (Å²) in [6.45, 7) is 2.04. The molecule has 0 spiro atoms. The largest absolute Gasteiger partial charge is 0.403 e. The normalized spacial score (nSPS) is 11.4. The highest BCUT2D eigenvalue weighted by atomic mass is 15.4. The standard InChI is InChI=1S/C20H20N8/c1-13-4-6-14(7-5-13)28-19(15-3-2-11-24-18(15)22)25-16-8-9-17(26-20(16)28)27(23)12-10-21/h2-12H,21,23H2,1H3,(H2,22,24)/b12-10-. The SMILES string of the molecule is Cc1ccc(-n2c(-c3cccnc3N)nc3ccc(N(N)/C=C\N)nc32)cc1. The second-order valence-electron chi connectivity index (χ2n) is 6.30. The van der Waals surface area contributed by atoms with Crippen molar-refractivity contribution < 1.29 is 0 Å². The van der Waals surface area contributed by atoms with Gasteiger partial charge in [0.25, 0.3) is 0 Å². The van der Waals surface area contributed by atoms with Crippen LogP contribution < -0.4 is 22.3 Å². The molecule has 0 fully saturated rings. The maximum atomic E-state index is 6.13. The first-order valence-corrected chi connectivity index (χ1v) is 8.68. The van der Waals surface area contributed by atoms with Crippen LogP contribution in [0.4, 0.5) is 11.6 Å². The lowest BCUT2D eigenvalue weighted by Gasteiger charge is -2.13. The first-order chi connectivity index (χ1) is 13.6. The number of aromatic nitrogens is 4. The van der Waals surface area contributed by atoms with Gasteiger partial charge in [-0.1, -0.05) is 17.7 Å². The molecule has 0 saturated heterocycles.